The summed E-state index contributed by atoms with van der Waals surface area (Å²) in [5.74, 6) is 1.46. The van der Waals surface area contributed by atoms with Gasteiger partial charge < -0.3 is 10.2 Å². The van der Waals surface area contributed by atoms with E-state index in [9.17, 15) is 0 Å². The third-order valence-electron chi connectivity index (χ3n) is 6.35. The highest BCUT2D eigenvalue weighted by Crippen LogP contribution is 2.63. The van der Waals surface area contributed by atoms with Crippen LogP contribution in [0.4, 0.5) is 5.13 Å². The number of anilines is 1. The third kappa shape index (κ3) is 2.61. The van der Waals surface area contributed by atoms with Gasteiger partial charge in [0.15, 0.2) is 0 Å². The Balaban J connectivity index is 1.44. The Morgan fingerprint density at radius 2 is 1.92 bits per heavy atom. The van der Waals surface area contributed by atoms with Crippen LogP contribution in [0.3, 0.4) is 0 Å². The van der Waals surface area contributed by atoms with Crippen LogP contribution >= 0.6 is 11.3 Å². The second-order valence-corrected chi connectivity index (χ2v) is 8.70. The van der Waals surface area contributed by atoms with Gasteiger partial charge in [0.2, 0.25) is 5.13 Å². The molecule has 4 nitrogen and oxygen atoms in total. The van der Waals surface area contributed by atoms with Gasteiger partial charge in [0.25, 0.3) is 0 Å². The zero-order valence-electron chi connectivity index (χ0n) is 15.2. The number of aromatic nitrogens is 1. The molecule has 1 aromatic carbocycles. The molecule has 1 fully saturated rings. The molecule has 0 radical (unpaired) electrons. The summed E-state index contributed by atoms with van der Waals surface area (Å²) in [6.45, 7) is 7.16. The number of nitrogens with zero attached hydrogens (tertiary/aromatic N) is 1. The lowest BCUT2D eigenvalue weighted by Gasteiger charge is -2.33. The highest BCUT2D eigenvalue weighted by molar-refractivity contribution is 7.14. The van der Waals surface area contributed by atoms with Gasteiger partial charge in [-0.15, -0.1) is 11.3 Å². The minimum atomic E-state index is 0.304. The summed E-state index contributed by atoms with van der Waals surface area (Å²) in [6, 6.07) is 7.99. The van der Waals surface area contributed by atoms with Gasteiger partial charge in [-0.3, -0.25) is 5.43 Å². The van der Waals surface area contributed by atoms with E-state index in [0.717, 1.165) is 22.1 Å². The first-order valence-corrected chi connectivity index (χ1v) is 9.66. The van der Waals surface area contributed by atoms with Crippen molar-refractivity contribution in [3.63, 3.8) is 0 Å². The Labute approximate surface area is 153 Å². The van der Waals surface area contributed by atoms with E-state index < -0.39 is 0 Å². The second-order valence-electron chi connectivity index (χ2n) is 7.85. The van der Waals surface area contributed by atoms with Gasteiger partial charge in [0.05, 0.1) is 12.8 Å². The van der Waals surface area contributed by atoms with Gasteiger partial charge >= 0.3 is 0 Å². The summed E-state index contributed by atoms with van der Waals surface area (Å²) in [5, 5.41) is 2.96. The van der Waals surface area contributed by atoms with Crippen molar-refractivity contribution < 1.29 is 4.74 Å². The van der Waals surface area contributed by atoms with Crippen LogP contribution < -0.4 is 15.6 Å². The molecular formula is C20H25N3OS. The third-order valence-corrected chi connectivity index (χ3v) is 7.11. The molecule has 2 bridgehead atoms. The molecule has 25 heavy (non-hydrogen) atoms. The van der Waals surface area contributed by atoms with Crippen molar-refractivity contribution in [3.05, 3.63) is 41.4 Å². The van der Waals surface area contributed by atoms with E-state index in [0.29, 0.717) is 16.7 Å². The summed E-state index contributed by atoms with van der Waals surface area (Å²) in [7, 11) is 1.68. The Morgan fingerprint density at radius 3 is 2.52 bits per heavy atom. The lowest BCUT2D eigenvalue weighted by atomic mass is 9.70. The minimum absolute atomic E-state index is 0.304. The monoisotopic (exact) mass is 355 g/mol. The fourth-order valence-corrected chi connectivity index (χ4v) is 4.92. The van der Waals surface area contributed by atoms with E-state index in [1.165, 1.54) is 18.5 Å². The zero-order chi connectivity index (χ0) is 17.7. The Kier molecular flexibility index (Phi) is 3.80. The van der Waals surface area contributed by atoms with Crippen molar-refractivity contribution in [2.75, 3.05) is 12.5 Å². The van der Waals surface area contributed by atoms with Crippen LogP contribution in [-0.4, -0.2) is 12.1 Å². The maximum atomic E-state index is 5.21. The van der Waals surface area contributed by atoms with Crippen LogP contribution in [0.25, 0.3) is 11.3 Å². The van der Waals surface area contributed by atoms with Crippen molar-refractivity contribution in [1.29, 1.82) is 0 Å². The number of hydrazine groups is 1. The summed E-state index contributed by atoms with van der Waals surface area (Å²) in [5.41, 5.74) is 10.8. The predicted octanol–water partition coefficient (Wildman–Crippen LogP) is 5.08. The van der Waals surface area contributed by atoms with Gasteiger partial charge in [0.1, 0.15) is 5.75 Å². The number of thiazole rings is 1. The largest absolute Gasteiger partial charge is 0.497 e. The van der Waals surface area contributed by atoms with Crippen LogP contribution in [0.5, 0.6) is 5.75 Å². The van der Waals surface area contributed by atoms with Crippen molar-refractivity contribution in [2.45, 2.75) is 33.6 Å². The molecule has 0 amide bonds. The number of benzene rings is 1. The second kappa shape index (κ2) is 5.77. The molecule has 2 atom stereocenters. The number of rotatable bonds is 5. The highest BCUT2D eigenvalue weighted by atomic mass is 32.1. The van der Waals surface area contributed by atoms with Gasteiger partial charge in [0, 0.05) is 22.6 Å². The molecule has 4 rings (SSSR count). The standard InChI is InChI=1S/C20H25N3OS/c1-19(2)15-9-10-20(19,3)11-16(15)22-23-18-21-17(12-25-18)13-5-7-14(24-4)8-6-13/h5-8,11-12,15,22H,9-10H2,1-4H3,(H,21,23)/t15-,20+/m0/s1. The highest BCUT2D eigenvalue weighted by Gasteiger charge is 2.56. The van der Waals surface area contributed by atoms with Gasteiger partial charge in [-0.2, -0.15) is 0 Å². The molecule has 0 spiro atoms. The fraction of sp³-hybridized carbons (Fsp3) is 0.450. The molecule has 1 saturated carbocycles. The van der Waals surface area contributed by atoms with Crippen LogP contribution in [-0.2, 0) is 0 Å². The minimum Gasteiger partial charge on any atom is -0.497 e. The molecule has 0 saturated heterocycles. The van der Waals surface area contributed by atoms with Gasteiger partial charge in [-0.05, 0) is 47.9 Å². The molecule has 2 aliphatic carbocycles. The number of hydrogen-bond donors (Lipinski definition) is 2. The maximum Gasteiger partial charge on any atom is 0.202 e. The van der Waals surface area contributed by atoms with Gasteiger partial charge in [-0.1, -0.05) is 26.8 Å². The Morgan fingerprint density at radius 1 is 1.16 bits per heavy atom. The number of ether oxygens (including phenoxy) is 1. The average molecular weight is 356 g/mol. The Bertz CT molecular complexity index is 809. The van der Waals surface area contributed by atoms with E-state index in [1.807, 2.05) is 24.3 Å². The van der Waals surface area contributed by atoms with Crippen molar-refractivity contribution in [1.82, 2.24) is 10.4 Å². The first-order chi connectivity index (χ1) is 11.9. The predicted molar refractivity (Wildman–Crippen MR) is 104 cm³/mol. The number of allylic oxidation sites excluding steroid dienone is 2. The van der Waals surface area contributed by atoms with E-state index in [-0.39, 0.29) is 0 Å². The quantitative estimate of drug-likeness (QED) is 0.735. The molecule has 132 valence electrons. The molecule has 1 heterocycles. The van der Waals surface area contributed by atoms with E-state index in [2.05, 4.69) is 48.1 Å². The summed E-state index contributed by atoms with van der Waals surface area (Å²) < 4.78 is 5.21. The molecule has 2 aliphatic rings. The van der Waals surface area contributed by atoms with Crippen molar-refractivity contribution in [2.24, 2.45) is 16.7 Å². The normalized spacial score (nSPS) is 26.4. The molecule has 2 aromatic rings. The average Bonchev–Trinajstić information content (AvgIpc) is 3.22. The summed E-state index contributed by atoms with van der Waals surface area (Å²) in [4.78, 5) is 4.69. The maximum absolute atomic E-state index is 5.21. The molecule has 0 aliphatic heterocycles. The molecular weight excluding hydrogens is 330 g/mol. The number of fused-ring (bicyclic) bond motifs is 2. The van der Waals surface area contributed by atoms with Gasteiger partial charge in [-0.25, -0.2) is 4.98 Å². The number of methoxy groups -OCH3 is 1. The zero-order valence-corrected chi connectivity index (χ0v) is 16.0. The molecule has 5 heteroatoms. The van der Waals surface area contributed by atoms with Crippen LogP contribution in [0.1, 0.15) is 33.6 Å². The SMILES string of the molecule is COc1ccc(-c2csc(NNC3=C[C@@]4(C)CC[C@@H]3C4(C)C)n2)cc1. The summed E-state index contributed by atoms with van der Waals surface area (Å²) in [6.07, 6.45) is 4.97. The number of nitrogens with one attached hydrogen (secondary N) is 2. The van der Waals surface area contributed by atoms with Crippen molar-refractivity contribution in [3.8, 4) is 17.0 Å². The van der Waals surface area contributed by atoms with E-state index in [1.54, 1.807) is 18.4 Å². The lowest BCUT2D eigenvalue weighted by molar-refractivity contribution is 0.178. The topological polar surface area (TPSA) is 46.2 Å². The smallest absolute Gasteiger partial charge is 0.202 e. The first-order valence-electron chi connectivity index (χ1n) is 8.78. The lowest BCUT2D eigenvalue weighted by Crippen LogP contribution is -2.30. The fourth-order valence-electron chi connectivity index (χ4n) is 4.25. The van der Waals surface area contributed by atoms with Crippen molar-refractivity contribution >= 4 is 16.5 Å². The number of hydrogen-bond acceptors (Lipinski definition) is 5. The van der Waals surface area contributed by atoms with Crippen LogP contribution in [0.15, 0.2) is 41.4 Å². The molecule has 1 aromatic heterocycles. The van der Waals surface area contributed by atoms with Crippen LogP contribution in [0, 0.1) is 16.7 Å². The molecule has 0 unspecified atom stereocenters. The summed E-state index contributed by atoms with van der Waals surface area (Å²) >= 11 is 1.61. The van der Waals surface area contributed by atoms with E-state index in [4.69, 9.17) is 4.74 Å². The Hall–Kier alpha value is -2.01. The van der Waals surface area contributed by atoms with Crippen LogP contribution in [0.2, 0.25) is 0 Å². The molecule has 2 N–H and O–H groups in total. The van der Waals surface area contributed by atoms with E-state index >= 15 is 0 Å². The first kappa shape index (κ1) is 16.5.